The number of allylic oxidation sites excluding steroid dienone is 1. The van der Waals surface area contributed by atoms with Crippen molar-refractivity contribution >= 4 is 0 Å². The number of rotatable bonds is 3. The Kier molecular flexibility index (Phi) is 6.28. The van der Waals surface area contributed by atoms with E-state index in [4.69, 9.17) is 13.9 Å². The van der Waals surface area contributed by atoms with Crippen LogP contribution in [0.5, 0.6) is 0 Å². The zero-order valence-corrected chi connectivity index (χ0v) is 22.3. The lowest BCUT2D eigenvalue weighted by Gasteiger charge is -2.62. The quantitative estimate of drug-likeness (QED) is 0.522. The maximum Gasteiger partial charge on any atom is 0.335 e. The summed E-state index contributed by atoms with van der Waals surface area (Å²) < 4.78 is 17.3. The molecule has 4 fully saturated rings. The minimum Gasteiger partial charge on any atom is -0.431 e. The zero-order valence-electron chi connectivity index (χ0n) is 22.3. The molecule has 1 aromatic rings. The summed E-state index contributed by atoms with van der Waals surface area (Å²) in [6.07, 6.45) is 9.06. The second kappa shape index (κ2) is 9.02. The summed E-state index contributed by atoms with van der Waals surface area (Å²) in [5, 5.41) is 32.5. The lowest BCUT2D eigenvalue weighted by molar-refractivity contribution is -0.256. The highest BCUT2D eigenvalue weighted by molar-refractivity contribution is 5.31. The summed E-state index contributed by atoms with van der Waals surface area (Å²) in [6, 6.07) is 3.39. The molecule has 0 bridgehead atoms. The fourth-order valence-electron chi connectivity index (χ4n) is 9.18. The summed E-state index contributed by atoms with van der Waals surface area (Å²) in [7, 11) is 0. The van der Waals surface area contributed by atoms with E-state index >= 15 is 0 Å². The Balaban J connectivity index is 1.21. The van der Waals surface area contributed by atoms with Crippen molar-refractivity contribution in [2.24, 2.45) is 22.7 Å². The first-order chi connectivity index (χ1) is 17.5. The van der Waals surface area contributed by atoms with Gasteiger partial charge < -0.3 is 29.2 Å². The van der Waals surface area contributed by atoms with Crippen molar-refractivity contribution in [1.82, 2.24) is 0 Å². The molecule has 3 saturated carbocycles. The Morgan fingerprint density at radius 2 is 1.84 bits per heavy atom. The van der Waals surface area contributed by atoms with Gasteiger partial charge in [-0.3, -0.25) is 0 Å². The van der Waals surface area contributed by atoms with Gasteiger partial charge in [-0.1, -0.05) is 25.5 Å². The lowest BCUT2D eigenvalue weighted by atomic mass is 9.45. The Morgan fingerprint density at radius 3 is 2.57 bits per heavy atom. The molecule has 1 aromatic heterocycles. The Labute approximate surface area is 218 Å². The van der Waals surface area contributed by atoms with Crippen molar-refractivity contribution in [3.63, 3.8) is 0 Å². The number of hydrogen-bond donors (Lipinski definition) is 3. The second-order valence-electron chi connectivity index (χ2n) is 13.0. The molecule has 7 heteroatoms. The number of aliphatic hydroxyl groups is 3. The van der Waals surface area contributed by atoms with Crippen molar-refractivity contribution < 1.29 is 29.2 Å². The monoisotopic (exact) mass is 514 g/mol. The third kappa shape index (κ3) is 3.91. The van der Waals surface area contributed by atoms with Crippen LogP contribution in [0.15, 0.2) is 39.3 Å². The van der Waals surface area contributed by atoms with Crippen molar-refractivity contribution in [2.75, 3.05) is 0 Å². The van der Waals surface area contributed by atoms with E-state index in [1.54, 1.807) is 13.2 Å². The molecule has 4 aliphatic carbocycles. The summed E-state index contributed by atoms with van der Waals surface area (Å²) in [4.78, 5) is 11.5. The average molecular weight is 515 g/mol. The third-order valence-electron chi connectivity index (χ3n) is 11.4. The number of hydrogen-bond acceptors (Lipinski definition) is 7. The maximum atomic E-state index is 12.4. The van der Waals surface area contributed by atoms with Crippen LogP contribution in [-0.2, 0) is 9.47 Å². The minimum atomic E-state index is -0.874. The van der Waals surface area contributed by atoms with Crippen LogP contribution in [0.4, 0.5) is 0 Å². The first-order valence-corrected chi connectivity index (χ1v) is 14.2. The van der Waals surface area contributed by atoms with Gasteiger partial charge in [0.25, 0.3) is 0 Å². The van der Waals surface area contributed by atoms with E-state index in [2.05, 4.69) is 19.9 Å². The third-order valence-corrected chi connectivity index (χ3v) is 11.4. The van der Waals surface area contributed by atoms with Crippen LogP contribution < -0.4 is 5.63 Å². The molecule has 0 spiro atoms. The van der Waals surface area contributed by atoms with Gasteiger partial charge >= 0.3 is 5.63 Å². The van der Waals surface area contributed by atoms with Crippen LogP contribution in [0, 0.1) is 22.7 Å². The molecule has 0 radical (unpaired) electrons. The summed E-state index contributed by atoms with van der Waals surface area (Å²) in [5.74, 6) is 0.885. The molecule has 5 aliphatic rings. The van der Waals surface area contributed by atoms with Crippen LogP contribution in [0.2, 0.25) is 0 Å². The molecule has 37 heavy (non-hydrogen) atoms. The molecule has 6 rings (SSSR count). The summed E-state index contributed by atoms with van der Waals surface area (Å²) in [6.45, 7) is 6.43. The van der Waals surface area contributed by atoms with Gasteiger partial charge in [0.05, 0.1) is 30.2 Å². The Hall–Kier alpha value is -1.51. The first kappa shape index (κ1) is 25.8. The average Bonchev–Trinajstić information content (AvgIpc) is 3.14. The lowest BCUT2D eigenvalue weighted by Crippen LogP contribution is -2.60. The van der Waals surface area contributed by atoms with Crippen molar-refractivity contribution in [3.05, 3.63) is 46.0 Å². The van der Waals surface area contributed by atoms with Crippen LogP contribution in [0.1, 0.15) is 90.0 Å². The number of ether oxygens (including phenoxy) is 2. The van der Waals surface area contributed by atoms with Gasteiger partial charge in [0.15, 0.2) is 6.29 Å². The molecular weight excluding hydrogens is 472 g/mol. The molecule has 1 aliphatic heterocycles. The normalized spacial score (nSPS) is 49.5. The van der Waals surface area contributed by atoms with Gasteiger partial charge in [-0.05, 0) is 93.1 Å². The molecule has 1 saturated heterocycles. The van der Waals surface area contributed by atoms with E-state index in [9.17, 15) is 20.1 Å². The maximum absolute atomic E-state index is 12.4. The van der Waals surface area contributed by atoms with Crippen LogP contribution in [0.25, 0.3) is 0 Å². The molecule has 2 heterocycles. The Bertz CT molecular complexity index is 1080. The van der Waals surface area contributed by atoms with E-state index in [1.165, 1.54) is 11.6 Å². The standard InChI is InChI=1S/C30H42O7/c1-17-27(33)24(31)15-26(36-17)37-20-8-11-28(2)19(14-20)5-6-23-22(28)9-12-29(3)21(10-13-30(23,29)34)18-4-7-25(32)35-16-18/h4,7,14,16-17,20-24,26-27,31,33-34H,5-6,8-13,15H2,1-3H3/t17-,20-,21+,22?,23?,24-,26?,27-,28-,29+,30-/m0/s1. The molecule has 7 nitrogen and oxygen atoms in total. The zero-order chi connectivity index (χ0) is 26.2. The molecule has 0 amide bonds. The predicted octanol–water partition coefficient (Wildman–Crippen LogP) is 4.04. The van der Waals surface area contributed by atoms with E-state index in [0.717, 1.165) is 56.9 Å². The van der Waals surface area contributed by atoms with Crippen molar-refractivity contribution in [3.8, 4) is 0 Å². The highest BCUT2D eigenvalue weighted by atomic mass is 16.7. The molecule has 204 valence electrons. The SMILES string of the molecule is C[C@@H]1OC(O[C@@H]2C=C3CCC4C(CC[C@]5(C)[C@@H](c6ccc(=O)oc6)CC[C@]45O)[C@@]3(C)CC2)C[C@H](O)[C@H]1O. The van der Waals surface area contributed by atoms with Gasteiger partial charge in [-0.25, -0.2) is 4.79 Å². The van der Waals surface area contributed by atoms with Gasteiger partial charge in [0.2, 0.25) is 0 Å². The molecule has 3 unspecified atom stereocenters. The fraction of sp³-hybridized carbons (Fsp3) is 0.767. The molecule has 11 atom stereocenters. The van der Waals surface area contributed by atoms with E-state index in [0.29, 0.717) is 5.92 Å². The van der Waals surface area contributed by atoms with E-state index in [1.807, 2.05) is 6.07 Å². The summed E-state index contributed by atoms with van der Waals surface area (Å²) >= 11 is 0. The second-order valence-corrected chi connectivity index (χ2v) is 13.0. The largest absolute Gasteiger partial charge is 0.431 e. The minimum absolute atomic E-state index is 0.0495. The summed E-state index contributed by atoms with van der Waals surface area (Å²) in [5.41, 5.74) is 1.25. The highest BCUT2D eigenvalue weighted by Gasteiger charge is 2.66. The van der Waals surface area contributed by atoms with E-state index < -0.39 is 30.2 Å². The smallest absolute Gasteiger partial charge is 0.335 e. The molecular formula is C30H42O7. The Morgan fingerprint density at radius 1 is 1.03 bits per heavy atom. The van der Waals surface area contributed by atoms with Crippen molar-refractivity contribution in [2.45, 2.75) is 121 Å². The van der Waals surface area contributed by atoms with Crippen LogP contribution >= 0.6 is 0 Å². The first-order valence-electron chi connectivity index (χ1n) is 14.2. The molecule has 3 N–H and O–H groups in total. The number of aliphatic hydroxyl groups excluding tert-OH is 2. The highest BCUT2D eigenvalue weighted by Crippen LogP contribution is 2.70. The van der Waals surface area contributed by atoms with Crippen LogP contribution in [-0.4, -0.2) is 51.6 Å². The van der Waals surface area contributed by atoms with E-state index in [-0.39, 0.29) is 40.8 Å². The topological polar surface area (TPSA) is 109 Å². The molecule has 0 aromatic carbocycles. The van der Waals surface area contributed by atoms with Crippen molar-refractivity contribution in [1.29, 1.82) is 0 Å². The van der Waals surface area contributed by atoms with Gasteiger partial charge in [0, 0.05) is 17.9 Å². The van der Waals surface area contributed by atoms with Gasteiger partial charge in [-0.15, -0.1) is 0 Å². The van der Waals surface area contributed by atoms with Gasteiger partial charge in [0.1, 0.15) is 6.10 Å². The van der Waals surface area contributed by atoms with Crippen LogP contribution in [0.3, 0.4) is 0 Å². The van der Waals surface area contributed by atoms with Gasteiger partial charge in [-0.2, -0.15) is 0 Å². The fourth-order valence-corrected chi connectivity index (χ4v) is 9.18. The predicted molar refractivity (Wildman–Crippen MR) is 137 cm³/mol. The number of fused-ring (bicyclic) bond motifs is 5.